The van der Waals surface area contributed by atoms with Crippen molar-refractivity contribution in [2.75, 3.05) is 6.61 Å². The smallest absolute Gasteiger partial charge is 0.0948 e. The molecule has 0 aliphatic carbocycles. The highest BCUT2D eigenvalue weighted by Gasteiger charge is 2.42. The maximum atomic E-state index is 11.0. The highest BCUT2D eigenvalue weighted by Crippen LogP contribution is 2.42. The van der Waals surface area contributed by atoms with Crippen LogP contribution in [0.5, 0.6) is 0 Å². The Bertz CT molecular complexity index is 441. The predicted octanol–water partition coefficient (Wildman–Crippen LogP) is 3.47. The Balaban J connectivity index is 2.38. The molecule has 2 heteroatoms. The average molecular weight is 248 g/mol. The highest BCUT2D eigenvalue weighted by atomic mass is 16.5. The first-order chi connectivity index (χ1) is 8.38. The molecule has 0 bridgehead atoms. The summed E-state index contributed by atoms with van der Waals surface area (Å²) in [6.45, 7) is 9.00. The molecule has 1 fully saturated rings. The number of aliphatic hydroxyl groups is 1. The Morgan fingerprint density at radius 1 is 1.33 bits per heavy atom. The fraction of sp³-hybridized carbons (Fsp3) is 0.625. The fourth-order valence-electron chi connectivity index (χ4n) is 2.92. The van der Waals surface area contributed by atoms with Gasteiger partial charge < -0.3 is 9.84 Å². The zero-order valence-corrected chi connectivity index (χ0v) is 11.9. The van der Waals surface area contributed by atoms with Crippen LogP contribution in [0.3, 0.4) is 0 Å². The number of hydrogen-bond acceptors (Lipinski definition) is 2. The van der Waals surface area contributed by atoms with Crippen molar-refractivity contribution in [2.45, 2.75) is 58.2 Å². The molecule has 100 valence electrons. The summed E-state index contributed by atoms with van der Waals surface area (Å²) < 4.78 is 5.84. The van der Waals surface area contributed by atoms with Crippen LogP contribution in [0.25, 0.3) is 0 Å². The molecule has 1 heterocycles. The lowest BCUT2D eigenvalue weighted by molar-refractivity contribution is -0.157. The third-order valence-electron chi connectivity index (χ3n) is 4.27. The average Bonchev–Trinajstić information content (AvgIpc) is 2.32. The van der Waals surface area contributed by atoms with Crippen LogP contribution < -0.4 is 0 Å². The summed E-state index contributed by atoms with van der Waals surface area (Å²) in [6.07, 6.45) is 2.30. The summed E-state index contributed by atoms with van der Waals surface area (Å²) in [4.78, 5) is 0. The van der Waals surface area contributed by atoms with Gasteiger partial charge in [-0.15, -0.1) is 0 Å². The van der Waals surface area contributed by atoms with Gasteiger partial charge in [-0.25, -0.2) is 0 Å². The molecule has 2 unspecified atom stereocenters. The first-order valence-corrected chi connectivity index (χ1v) is 6.83. The summed E-state index contributed by atoms with van der Waals surface area (Å²) in [6, 6.07) is 6.32. The first-order valence-electron chi connectivity index (χ1n) is 6.83. The number of aryl methyl sites for hydroxylation is 2. The van der Waals surface area contributed by atoms with Crippen LogP contribution in [-0.4, -0.2) is 17.3 Å². The van der Waals surface area contributed by atoms with Crippen LogP contribution in [0.1, 0.15) is 49.8 Å². The van der Waals surface area contributed by atoms with Crippen molar-refractivity contribution in [1.29, 1.82) is 0 Å². The molecule has 1 saturated heterocycles. The second kappa shape index (κ2) is 4.67. The SMILES string of the molecule is CCC1(C)CC(O)(c2cc(C)ccc2C)CCO1. The van der Waals surface area contributed by atoms with Crippen LogP contribution in [-0.2, 0) is 10.3 Å². The van der Waals surface area contributed by atoms with E-state index in [4.69, 9.17) is 4.74 Å². The minimum atomic E-state index is -0.737. The number of benzene rings is 1. The van der Waals surface area contributed by atoms with E-state index in [-0.39, 0.29) is 5.60 Å². The van der Waals surface area contributed by atoms with Gasteiger partial charge in [0, 0.05) is 12.8 Å². The third kappa shape index (κ3) is 2.45. The van der Waals surface area contributed by atoms with E-state index in [9.17, 15) is 5.11 Å². The van der Waals surface area contributed by atoms with Crippen molar-refractivity contribution in [1.82, 2.24) is 0 Å². The van der Waals surface area contributed by atoms with Crippen molar-refractivity contribution in [3.8, 4) is 0 Å². The zero-order chi connectivity index (χ0) is 13.4. The Morgan fingerprint density at radius 3 is 2.72 bits per heavy atom. The fourth-order valence-corrected chi connectivity index (χ4v) is 2.92. The van der Waals surface area contributed by atoms with E-state index in [0.29, 0.717) is 19.4 Å². The highest BCUT2D eigenvalue weighted by molar-refractivity contribution is 5.35. The molecular formula is C16H24O2. The van der Waals surface area contributed by atoms with Gasteiger partial charge in [0.1, 0.15) is 0 Å². The summed E-state index contributed by atoms with van der Waals surface area (Å²) in [5.41, 5.74) is 2.50. The van der Waals surface area contributed by atoms with Crippen molar-refractivity contribution >= 4 is 0 Å². The Morgan fingerprint density at radius 2 is 2.06 bits per heavy atom. The number of hydrogen-bond donors (Lipinski definition) is 1. The summed E-state index contributed by atoms with van der Waals surface area (Å²) in [5.74, 6) is 0. The monoisotopic (exact) mass is 248 g/mol. The van der Waals surface area contributed by atoms with Crippen LogP contribution in [0.15, 0.2) is 18.2 Å². The Hall–Kier alpha value is -0.860. The zero-order valence-electron chi connectivity index (χ0n) is 11.9. The van der Waals surface area contributed by atoms with Crippen LogP contribution >= 0.6 is 0 Å². The molecule has 0 aromatic heterocycles. The van der Waals surface area contributed by atoms with Gasteiger partial charge in [-0.2, -0.15) is 0 Å². The van der Waals surface area contributed by atoms with Crippen molar-refractivity contribution < 1.29 is 9.84 Å². The molecule has 0 spiro atoms. The van der Waals surface area contributed by atoms with Gasteiger partial charge >= 0.3 is 0 Å². The Kier molecular flexibility index (Phi) is 3.52. The van der Waals surface area contributed by atoms with Crippen molar-refractivity contribution in [3.05, 3.63) is 34.9 Å². The van der Waals surface area contributed by atoms with E-state index in [2.05, 4.69) is 45.9 Å². The molecule has 18 heavy (non-hydrogen) atoms. The molecule has 1 aliphatic heterocycles. The van der Waals surface area contributed by atoms with Crippen molar-refractivity contribution in [3.63, 3.8) is 0 Å². The summed E-state index contributed by atoms with van der Waals surface area (Å²) >= 11 is 0. The van der Waals surface area contributed by atoms with Gasteiger partial charge in [0.15, 0.2) is 0 Å². The molecule has 2 atom stereocenters. The standard InChI is InChI=1S/C16H24O2/c1-5-15(4)11-16(17,8-9-18-15)14-10-12(2)6-7-13(14)3/h6-7,10,17H,5,8-9,11H2,1-4H3. The molecule has 1 aromatic rings. The van der Waals surface area contributed by atoms with Gasteiger partial charge in [-0.3, -0.25) is 0 Å². The van der Waals surface area contributed by atoms with Crippen LogP contribution in [0.4, 0.5) is 0 Å². The first kappa shape index (κ1) is 13.6. The molecule has 0 saturated carbocycles. The number of rotatable bonds is 2. The second-order valence-electron chi connectivity index (χ2n) is 5.93. The van der Waals surface area contributed by atoms with E-state index in [1.54, 1.807) is 0 Å². The van der Waals surface area contributed by atoms with Gasteiger partial charge in [0.05, 0.1) is 17.8 Å². The van der Waals surface area contributed by atoms with Gasteiger partial charge in [0.25, 0.3) is 0 Å². The van der Waals surface area contributed by atoms with E-state index < -0.39 is 5.60 Å². The molecule has 2 rings (SSSR count). The predicted molar refractivity (Wildman–Crippen MR) is 73.7 cm³/mol. The van der Waals surface area contributed by atoms with Crippen molar-refractivity contribution in [2.24, 2.45) is 0 Å². The maximum absolute atomic E-state index is 11.0. The van der Waals surface area contributed by atoms with Gasteiger partial charge in [-0.05, 0) is 38.3 Å². The topological polar surface area (TPSA) is 29.5 Å². The molecule has 0 amide bonds. The molecule has 1 aliphatic rings. The molecule has 1 N–H and O–H groups in total. The molecule has 1 aromatic carbocycles. The van der Waals surface area contributed by atoms with E-state index in [0.717, 1.165) is 12.0 Å². The molecule has 0 radical (unpaired) electrons. The minimum Gasteiger partial charge on any atom is -0.385 e. The maximum Gasteiger partial charge on any atom is 0.0948 e. The Labute approximate surface area is 110 Å². The van der Waals surface area contributed by atoms with E-state index in [1.165, 1.54) is 11.1 Å². The lowest BCUT2D eigenvalue weighted by Gasteiger charge is -2.44. The lowest BCUT2D eigenvalue weighted by Crippen LogP contribution is -2.45. The summed E-state index contributed by atoms with van der Waals surface area (Å²) in [7, 11) is 0. The number of ether oxygens (including phenoxy) is 1. The molecule has 2 nitrogen and oxygen atoms in total. The van der Waals surface area contributed by atoms with Gasteiger partial charge in [0.2, 0.25) is 0 Å². The second-order valence-corrected chi connectivity index (χ2v) is 5.93. The summed E-state index contributed by atoms with van der Waals surface area (Å²) in [5, 5.41) is 11.0. The van der Waals surface area contributed by atoms with E-state index >= 15 is 0 Å². The van der Waals surface area contributed by atoms with Crippen LogP contribution in [0, 0.1) is 13.8 Å². The third-order valence-corrected chi connectivity index (χ3v) is 4.27. The minimum absolute atomic E-state index is 0.205. The normalized spacial score (nSPS) is 32.5. The lowest BCUT2D eigenvalue weighted by atomic mass is 9.76. The van der Waals surface area contributed by atoms with E-state index in [1.807, 2.05) is 0 Å². The van der Waals surface area contributed by atoms with Gasteiger partial charge in [-0.1, -0.05) is 30.7 Å². The largest absolute Gasteiger partial charge is 0.385 e. The van der Waals surface area contributed by atoms with Crippen LogP contribution in [0.2, 0.25) is 0 Å². The molecular weight excluding hydrogens is 224 g/mol. The quantitative estimate of drug-likeness (QED) is 0.868.